The second-order valence-electron chi connectivity index (χ2n) is 3.71. The first-order chi connectivity index (χ1) is 7.95. The zero-order chi connectivity index (χ0) is 12.9. The molecule has 1 rings (SSSR count). The molecule has 0 saturated heterocycles. The molecule has 0 bridgehead atoms. The number of nitrogens with two attached hydrogens (primary N) is 1. The minimum absolute atomic E-state index is 0.0263. The summed E-state index contributed by atoms with van der Waals surface area (Å²) in [5.41, 5.74) is 5.07. The topological polar surface area (TPSA) is 38.4 Å². The van der Waals surface area contributed by atoms with Crippen LogP contribution in [0.25, 0.3) is 0 Å². The molecule has 0 atom stereocenters. The van der Waals surface area contributed by atoms with Crippen molar-refractivity contribution in [3.63, 3.8) is 0 Å². The Kier molecular flexibility index (Phi) is 4.54. The van der Waals surface area contributed by atoms with Crippen molar-refractivity contribution in [3.8, 4) is 0 Å². The molecule has 0 radical (unpaired) electrons. The number of amidine groups is 1. The summed E-state index contributed by atoms with van der Waals surface area (Å²) in [5.74, 6) is 0.393. The maximum atomic E-state index is 12.6. The van der Waals surface area contributed by atoms with Crippen LogP contribution in [0, 0.1) is 0 Å². The third-order valence-corrected chi connectivity index (χ3v) is 2.28. The highest BCUT2D eigenvalue weighted by atomic mass is 19.4. The number of rotatable bonds is 4. The molecule has 0 aliphatic carbocycles. The van der Waals surface area contributed by atoms with Crippen molar-refractivity contribution >= 4 is 5.84 Å². The molecule has 0 fully saturated rings. The number of hydrogen-bond acceptors (Lipinski definition) is 1. The van der Waals surface area contributed by atoms with Crippen LogP contribution in [0.15, 0.2) is 29.3 Å². The van der Waals surface area contributed by atoms with Gasteiger partial charge in [-0.1, -0.05) is 25.1 Å². The fourth-order valence-corrected chi connectivity index (χ4v) is 1.46. The summed E-state index contributed by atoms with van der Waals surface area (Å²) in [6, 6.07) is 5.41. The summed E-state index contributed by atoms with van der Waals surface area (Å²) in [5, 5.41) is 0. The Morgan fingerprint density at radius 3 is 2.53 bits per heavy atom. The predicted molar refractivity (Wildman–Crippen MR) is 61.7 cm³/mol. The molecular formula is C12H15F3N2. The van der Waals surface area contributed by atoms with Crippen LogP contribution in [0.2, 0.25) is 0 Å². The second-order valence-corrected chi connectivity index (χ2v) is 3.71. The molecule has 0 heterocycles. The molecule has 0 unspecified atom stereocenters. The first-order valence-electron chi connectivity index (χ1n) is 5.39. The summed E-state index contributed by atoms with van der Waals surface area (Å²) in [4.78, 5) is 3.95. The van der Waals surface area contributed by atoms with Crippen molar-refractivity contribution in [1.29, 1.82) is 0 Å². The molecule has 0 saturated carbocycles. The number of halogens is 3. The third-order valence-electron chi connectivity index (χ3n) is 2.28. The number of benzene rings is 1. The van der Waals surface area contributed by atoms with Crippen LogP contribution in [-0.4, -0.2) is 5.84 Å². The van der Waals surface area contributed by atoms with Crippen LogP contribution in [0.5, 0.6) is 0 Å². The van der Waals surface area contributed by atoms with E-state index >= 15 is 0 Å². The van der Waals surface area contributed by atoms with Crippen molar-refractivity contribution in [1.82, 2.24) is 0 Å². The van der Waals surface area contributed by atoms with E-state index in [-0.39, 0.29) is 12.1 Å². The lowest BCUT2D eigenvalue weighted by Crippen LogP contribution is -2.13. The molecule has 1 aromatic carbocycles. The van der Waals surface area contributed by atoms with Gasteiger partial charge in [-0.3, -0.25) is 4.99 Å². The van der Waals surface area contributed by atoms with E-state index in [1.807, 2.05) is 6.92 Å². The maximum absolute atomic E-state index is 12.6. The van der Waals surface area contributed by atoms with Crippen LogP contribution in [0.1, 0.15) is 30.9 Å². The molecule has 17 heavy (non-hydrogen) atoms. The second kappa shape index (κ2) is 5.70. The standard InChI is InChI=1S/C12H15F3N2/c1-2-5-11(16)17-8-9-6-3-4-7-10(9)12(13,14)15/h3-4,6-7H,2,5,8H2,1H3,(H2,16,17). The van der Waals surface area contributed by atoms with E-state index in [4.69, 9.17) is 5.73 Å². The molecule has 94 valence electrons. The van der Waals surface area contributed by atoms with Crippen LogP contribution in [0.4, 0.5) is 13.2 Å². The average Bonchev–Trinajstić information content (AvgIpc) is 2.26. The molecule has 0 aliphatic rings. The lowest BCUT2D eigenvalue weighted by molar-refractivity contribution is -0.138. The molecule has 2 nitrogen and oxygen atoms in total. The summed E-state index contributed by atoms with van der Waals surface area (Å²) in [6.07, 6.45) is -2.91. The molecular weight excluding hydrogens is 229 g/mol. The van der Waals surface area contributed by atoms with E-state index in [2.05, 4.69) is 4.99 Å². The quantitative estimate of drug-likeness (QED) is 0.640. The van der Waals surface area contributed by atoms with Gasteiger partial charge in [0.15, 0.2) is 0 Å². The van der Waals surface area contributed by atoms with Gasteiger partial charge in [-0.15, -0.1) is 0 Å². The monoisotopic (exact) mass is 244 g/mol. The largest absolute Gasteiger partial charge is 0.416 e. The van der Waals surface area contributed by atoms with Gasteiger partial charge in [-0.05, 0) is 18.1 Å². The molecule has 0 aliphatic heterocycles. The SMILES string of the molecule is CCCC(N)=NCc1ccccc1C(F)(F)F. The number of aliphatic imine (C=N–C) groups is 1. The Hall–Kier alpha value is -1.52. The highest BCUT2D eigenvalue weighted by Gasteiger charge is 2.32. The van der Waals surface area contributed by atoms with E-state index in [9.17, 15) is 13.2 Å². The van der Waals surface area contributed by atoms with Gasteiger partial charge in [0, 0.05) is 6.42 Å². The molecule has 2 N–H and O–H groups in total. The Morgan fingerprint density at radius 1 is 1.29 bits per heavy atom. The molecule has 0 amide bonds. The lowest BCUT2D eigenvalue weighted by Gasteiger charge is -2.11. The van der Waals surface area contributed by atoms with Gasteiger partial charge >= 0.3 is 6.18 Å². The number of alkyl halides is 3. The van der Waals surface area contributed by atoms with E-state index in [1.165, 1.54) is 12.1 Å². The minimum Gasteiger partial charge on any atom is -0.387 e. The van der Waals surface area contributed by atoms with Crippen LogP contribution < -0.4 is 5.73 Å². The van der Waals surface area contributed by atoms with E-state index in [0.717, 1.165) is 12.5 Å². The number of nitrogens with zero attached hydrogens (tertiary/aromatic N) is 1. The van der Waals surface area contributed by atoms with Gasteiger partial charge in [0.25, 0.3) is 0 Å². The first-order valence-corrected chi connectivity index (χ1v) is 5.39. The summed E-state index contributed by atoms with van der Waals surface area (Å²) < 4.78 is 37.9. The Morgan fingerprint density at radius 2 is 1.94 bits per heavy atom. The first kappa shape index (κ1) is 13.5. The lowest BCUT2D eigenvalue weighted by atomic mass is 10.1. The van der Waals surface area contributed by atoms with Gasteiger partial charge < -0.3 is 5.73 Å². The fraction of sp³-hybridized carbons (Fsp3) is 0.417. The van der Waals surface area contributed by atoms with Crippen molar-refractivity contribution in [2.24, 2.45) is 10.7 Å². The molecule has 5 heteroatoms. The van der Waals surface area contributed by atoms with Crippen molar-refractivity contribution < 1.29 is 13.2 Å². The zero-order valence-corrected chi connectivity index (χ0v) is 9.59. The summed E-state index contributed by atoms with van der Waals surface area (Å²) in [7, 11) is 0. The maximum Gasteiger partial charge on any atom is 0.416 e. The van der Waals surface area contributed by atoms with Crippen LogP contribution in [-0.2, 0) is 12.7 Å². The Labute approximate surface area is 98.4 Å². The number of hydrogen-bond donors (Lipinski definition) is 1. The van der Waals surface area contributed by atoms with Crippen molar-refractivity contribution in [2.45, 2.75) is 32.5 Å². The van der Waals surface area contributed by atoms with Gasteiger partial charge in [-0.25, -0.2) is 0 Å². The van der Waals surface area contributed by atoms with Crippen molar-refractivity contribution in [2.75, 3.05) is 0 Å². The molecule has 0 spiro atoms. The van der Waals surface area contributed by atoms with Gasteiger partial charge in [-0.2, -0.15) is 13.2 Å². The zero-order valence-electron chi connectivity index (χ0n) is 9.59. The van der Waals surface area contributed by atoms with Gasteiger partial charge in [0.05, 0.1) is 17.9 Å². The van der Waals surface area contributed by atoms with Crippen LogP contribution in [0.3, 0.4) is 0 Å². The summed E-state index contributed by atoms with van der Waals surface area (Å²) in [6.45, 7) is 1.91. The van der Waals surface area contributed by atoms with Gasteiger partial charge in [0.2, 0.25) is 0 Å². The highest BCUT2D eigenvalue weighted by Crippen LogP contribution is 2.32. The normalized spacial score (nSPS) is 12.8. The van der Waals surface area contributed by atoms with Crippen molar-refractivity contribution in [3.05, 3.63) is 35.4 Å². The highest BCUT2D eigenvalue weighted by molar-refractivity contribution is 5.80. The Balaban J connectivity index is 2.88. The third kappa shape index (κ3) is 4.09. The average molecular weight is 244 g/mol. The molecule has 1 aromatic rings. The minimum atomic E-state index is -4.34. The van der Waals surface area contributed by atoms with E-state index in [0.29, 0.717) is 12.3 Å². The molecule has 0 aromatic heterocycles. The van der Waals surface area contributed by atoms with Gasteiger partial charge in [0.1, 0.15) is 0 Å². The van der Waals surface area contributed by atoms with Crippen LogP contribution >= 0.6 is 0 Å². The smallest absolute Gasteiger partial charge is 0.387 e. The fourth-order valence-electron chi connectivity index (χ4n) is 1.46. The predicted octanol–water partition coefficient (Wildman–Crippen LogP) is 3.36. The summed E-state index contributed by atoms with van der Waals surface area (Å²) >= 11 is 0. The van der Waals surface area contributed by atoms with E-state index in [1.54, 1.807) is 6.07 Å². The van der Waals surface area contributed by atoms with E-state index < -0.39 is 11.7 Å². The Bertz CT molecular complexity index is 397.